The topological polar surface area (TPSA) is 35.6 Å². The zero-order chi connectivity index (χ0) is 17.6. The lowest BCUT2D eigenvalue weighted by Gasteiger charge is -2.38. The second-order valence-corrected chi connectivity index (χ2v) is 7.65. The molecule has 1 fully saturated rings. The van der Waals surface area contributed by atoms with Gasteiger partial charge in [0.25, 0.3) is 0 Å². The Morgan fingerprint density at radius 3 is 2.64 bits per heavy atom. The summed E-state index contributed by atoms with van der Waals surface area (Å²) in [6.45, 7) is 8.15. The summed E-state index contributed by atoms with van der Waals surface area (Å²) in [4.78, 5) is 18.8. The highest BCUT2D eigenvalue weighted by atomic mass is 32.1. The standard InChI is InChI=1S/C20H27N3OS/c1-3-22-12-10-17(11-13-22)23(15-18-8-6-14-25-18)20(24)21-19-9-5-4-7-16(19)2/h4-9,14,17H,3,10-13,15H2,1-2H3,(H,21,24). The van der Waals surface area contributed by atoms with Gasteiger partial charge in [-0.25, -0.2) is 4.79 Å². The summed E-state index contributed by atoms with van der Waals surface area (Å²) in [5, 5.41) is 5.20. The van der Waals surface area contributed by atoms with Crippen LogP contribution in [-0.4, -0.2) is 41.5 Å². The Labute approximate surface area is 154 Å². The van der Waals surface area contributed by atoms with Crippen molar-refractivity contribution in [2.24, 2.45) is 0 Å². The van der Waals surface area contributed by atoms with Crippen molar-refractivity contribution in [2.45, 2.75) is 39.3 Å². The van der Waals surface area contributed by atoms with E-state index < -0.39 is 0 Å². The van der Waals surface area contributed by atoms with Gasteiger partial charge in [0.05, 0.1) is 6.54 Å². The highest BCUT2D eigenvalue weighted by molar-refractivity contribution is 7.09. The lowest BCUT2D eigenvalue weighted by molar-refractivity contribution is 0.127. The Kier molecular flexibility index (Phi) is 6.10. The first-order valence-corrected chi connectivity index (χ1v) is 9.93. The van der Waals surface area contributed by atoms with Crippen molar-refractivity contribution in [1.82, 2.24) is 9.80 Å². The van der Waals surface area contributed by atoms with Crippen molar-refractivity contribution in [3.8, 4) is 0 Å². The maximum Gasteiger partial charge on any atom is 0.322 e. The van der Waals surface area contributed by atoms with E-state index in [0.29, 0.717) is 12.6 Å². The molecule has 4 nitrogen and oxygen atoms in total. The van der Waals surface area contributed by atoms with Crippen molar-refractivity contribution in [3.63, 3.8) is 0 Å². The maximum absolute atomic E-state index is 13.0. The summed E-state index contributed by atoms with van der Waals surface area (Å²) in [7, 11) is 0. The summed E-state index contributed by atoms with van der Waals surface area (Å²) in [5.74, 6) is 0. The van der Waals surface area contributed by atoms with Crippen LogP contribution in [0.25, 0.3) is 0 Å². The van der Waals surface area contributed by atoms with Gasteiger partial charge in [0.2, 0.25) is 0 Å². The first-order valence-electron chi connectivity index (χ1n) is 9.05. The van der Waals surface area contributed by atoms with Gasteiger partial charge < -0.3 is 15.1 Å². The third-order valence-corrected chi connectivity index (χ3v) is 5.86. The van der Waals surface area contributed by atoms with Crippen molar-refractivity contribution in [3.05, 3.63) is 52.2 Å². The van der Waals surface area contributed by atoms with Gasteiger partial charge in [-0.1, -0.05) is 31.2 Å². The van der Waals surface area contributed by atoms with Gasteiger partial charge in [0, 0.05) is 29.7 Å². The number of rotatable bonds is 5. The number of nitrogens with zero attached hydrogens (tertiary/aromatic N) is 2. The van der Waals surface area contributed by atoms with Crippen LogP contribution in [0.1, 0.15) is 30.2 Å². The van der Waals surface area contributed by atoms with E-state index in [-0.39, 0.29) is 6.03 Å². The minimum Gasteiger partial charge on any atom is -0.316 e. The van der Waals surface area contributed by atoms with Crippen LogP contribution >= 0.6 is 11.3 Å². The van der Waals surface area contributed by atoms with Crippen molar-refractivity contribution < 1.29 is 4.79 Å². The number of amides is 2. The second kappa shape index (κ2) is 8.50. The van der Waals surface area contributed by atoms with Crippen LogP contribution in [0.5, 0.6) is 0 Å². The van der Waals surface area contributed by atoms with Crippen LogP contribution in [0, 0.1) is 6.92 Å². The van der Waals surface area contributed by atoms with E-state index in [1.807, 2.05) is 36.1 Å². The molecule has 0 saturated carbocycles. The average Bonchev–Trinajstić information content (AvgIpc) is 3.15. The molecule has 0 spiro atoms. The summed E-state index contributed by atoms with van der Waals surface area (Å²) in [5.41, 5.74) is 1.99. The van der Waals surface area contributed by atoms with Gasteiger partial charge in [-0.15, -0.1) is 11.3 Å². The van der Waals surface area contributed by atoms with Crippen LogP contribution in [0.3, 0.4) is 0 Å². The molecular formula is C20H27N3OS. The molecule has 5 heteroatoms. The van der Waals surface area contributed by atoms with E-state index in [2.05, 4.69) is 34.7 Å². The number of anilines is 1. The SMILES string of the molecule is CCN1CCC(N(Cc2cccs2)C(=O)Nc2ccccc2C)CC1. The van der Waals surface area contributed by atoms with Crippen molar-refractivity contribution in [2.75, 3.05) is 25.0 Å². The number of para-hydroxylation sites is 1. The van der Waals surface area contributed by atoms with Gasteiger partial charge >= 0.3 is 6.03 Å². The van der Waals surface area contributed by atoms with E-state index >= 15 is 0 Å². The fourth-order valence-electron chi connectivity index (χ4n) is 3.38. The maximum atomic E-state index is 13.0. The van der Waals surface area contributed by atoms with Crippen LogP contribution < -0.4 is 5.32 Å². The minimum atomic E-state index is 0.0117. The summed E-state index contributed by atoms with van der Waals surface area (Å²) >= 11 is 1.72. The van der Waals surface area contributed by atoms with Crippen LogP contribution in [0.15, 0.2) is 41.8 Å². The van der Waals surface area contributed by atoms with E-state index in [1.54, 1.807) is 11.3 Å². The Morgan fingerprint density at radius 1 is 1.24 bits per heavy atom. The Bertz CT molecular complexity index is 678. The molecule has 1 aliphatic rings. The molecule has 0 radical (unpaired) electrons. The predicted octanol–water partition coefficient (Wildman–Crippen LogP) is 4.57. The van der Waals surface area contributed by atoms with Crippen LogP contribution in [0.2, 0.25) is 0 Å². The number of thiophene rings is 1. The fourth-order valence-corrected chi connectivity index (χ4v) is 4.09. The minimum absolute atomic E-state index is 0.0117. The number of hydrogen-bond acceptors (Lipinski definition) is 3. The molecule has 1 aromatic carbocycles. The zero-order valence-corrected chi connectivity index (χ0v) is 15.9. The third-order valence-electron chi connectivity index (χ3n) is 5.00. The molecule has 0 unspecified atom stereocenters. The highest BCUT2D eigenvalue weighted by Gasteiger charge is 2.28. The van der Waals surface area contributed by atoms with Crippen molar-refractivity contribution in [1.29, 1.82) is 0 Å². The Balaban J connectivity index is 1.73. The Morgan fingerprint density at radius 2 is 2.00 bits per heavy atom. The number of likely N-dealkylation sites (tertiary alicyclic amines) is 1. The number of piperidine rings is 1. The van der Waals surface area contributed by atoms with E-state index in [1.165, 1.54) is 4.88 Å². The average molecular weight is 358 g/mol. The summed E-state index contributed by atoms with van der Waals surface area (Å²) in [6, 6.07) is 12.4. The molecular weight excluding hydrogens is 330 g/mol. The predicted molar refractivity (Wildman–Crippen MR) is 105 cm³/mol. The highest BCUT2D eigenvalue weighted by Crippen LogP contribution is 2.23. The first kappa shape index (κ1) is 18.0. The van der Waals surface area contributed by atoms with Gasteiger partial charge in [-0.05, 0) is 49.4 Å². The monoisotopic (exact) mass is 357 g/mol. The molecule has 25 heavy (non-hydrogen) atoms. The van der Waals surface area contributed by atoms with Crippen LogP contribution in [0.4, 0.5) is 10.5 Å². The lowest BCUT2D eigenvalue weighted by atomic mass is 10.0. The third kappa shape index (κ3) is 4.61. The molecule has 1 aromatic heterocycles. The fraction of sp³-hybridized carbons (Fsp3) is 0.450. The lowest BCUT2D eigenvalue weighted by Crippen LogP contribution is -2.48. The first-order chi connectivity index (χ1) is 12.2. The molecule has 1 N–H and O–H groups in total. The number of nitrogens with one attached hydrogen (secondary N) is 1. The number of carbonyl (C=O) groups is 1. The van der Waals surface area contributed by atoms with Gasteiger partial charge in [0.1, 0.15) is 0 Å². The Hall–Kier alpha value is -1.85. The molecule has 2 heterocycles. The van der Waals surface area contributed by atoms with Crippen LogP contribution in [-0.2, 0) is 6.54 Å². The molecule has 134 valence electrons. The summed E-state index contributed by atoms with van der Waals surface area (Å²) in [6.07, 6.45) is 2.08. The van der Waals surface area contributed by atoms with E-state index in [0.717, 1.165) is 43.7 Å². The quantitative estimate of drug-likeness (QED) is 0.850. The largest absolute Gasteiger partial charge is 0.322 e. The molecule has 0 atom stereocenters. The number of benzene rings is 1. The molecule has 3 rings (SSSR count). The molecule has 1 aliphatic heterocycles. The second-order valence-electron chi connectivity index (χ2n) is 6.62. The number of hydrogen-bond donors (Lipinski definition) is 1. The number of aryl methyl sites for hydroxylation is 1. The van der Waals surface area contributed by atoms with Gasteiger partial charge in [-0.2, -0.15) is 0 Å². The van der Waals surface area contributed by atoms with Crippen molar-refractivity contribution >= 4 is 23.1 Å². The smallest absolute Gasteiger partial charge is 0.316 e. The zero-order valence-electron chi connectivity index (χ0n) is 15.1. The number of urea groups is 1. The normalized spacial score (nSPS) is 15.9. The molecule has 1 saturated heterocycles. The number of carbonyl (C=O) groups excluding carboxylic acids is 1. The van der Waals surface area contributed by atoms with Gasteiger partial charge in [0.15, 0.2) is 0 Å². The molecule has 0 aliphatic carbocycles. The van der Waals surface area contributed by atoms with E-state index in [9.17, 15) is 4.79 Å². The molecule has 2 aromatic rings. The molecule has 2 amide bonds. The van der Waals surface area contributed by atoms with Gasteiger partial charge in [-0.3, -0.25) is 0 Å². The summed E-state index contributed by atoms with van der Waals surface area (Å²) < 4.78 is 0. The molecule has 0 bridgehead atoms. The van der Waals surface area contributed by atoms with E-state index in [4.69, 9.17) is 0 Å².